The molecule has 0 fully saturated rings. The number of fused-ring (bicyclic) bond motifs is 1. The van der Waals surface area contributed by atoms with Crippen molar-refractivity contribution in [3.05, 3.63) is 33.4 Å². The van der Waals surface area contributed by atoms with Crippen LogP contribution < -0.4 is 0 Å². The zero-order valence-corrected chi connectivity index (χ0v) is 9.20. The van der Waals surface area contributed by atoms with Gasteiger partial charge in [-0.05, 0) is 0 Å². The Labute approximate surface area is 80.0 Å². The Morgan fingerprint density at radius 2 is 2.00 bits per heavy atom. The molecule has 0 amide bonds. The molecule has 1 heterocycles. The molecule has 0 saturated heterocycles. The fraction of sp³-hybridized carbons (Fsp3) is 0.333. The summed E-state index contributed by atoms with van der Waals surface area (Å²) < 4.78 is 16.2. The molecule has 1 N–H and O–H groups in total. The average Bonchev–Trinajstić information content (AvgIpc) is 2.25. The van der Waals surface area contributed by atoms with Gasteiger partial charge in [0.25, 0.3) is 0 Å². The van der Waals surface area contributed by atoms with Crippen LogP contribution in [0, 0.1) is 3.57 Å². The molecule has 2 rings (SSSR count). The fourth-order valence-electron chi connectivity index (χ4n) is 1.36. The molecule has 0 atom stereocenters. The van der Waals surface area contributed by atoms with Gasteiger partial charge in [0.2, 0.25) is 0 Å². The summed E-state index contributed by atoms with van der Waals surface area (Å²) >= 11 is -2.24. The summed E-state index contributed by atoms with van der Waals surface area (Å²) in [6.45, 7) is 4.00. The third-order valence-electron chi connectivity index (χ3n) is 1.96. The quantitative estimate of drug-likeness (QED) is 0.739. The van der Waals surface area contributed by atoms with E-state index < -0.39 is 20.6 Å². The van der Waals surface area contributed by atoms with Gasteiger partial charge in [-0.25, -0.2) is 0 Å². The number of hydrogen-bond donors (Lipinski definition) is 1. The predicted octanol–water partition coefficient (Wildman–Crippen LogP) is 2.45. The van der Waals surface area contributed by atoms with Crippen LogP contribution in [0.2, 0.25) is 0 Å². The second kappa shape index (κ2) is 2.68. The summed E-state index contributed by atoms with van der Waals surface area (Å²) in [7, 11) is 0. The SMILES string of the molecule is CC1(C)OI(O)c2ccccc21. The van der Waals surface area contributed by atoms with Gasteiger partial charge in [0.1, 0.15) is 0 Å². The van der Waals surface area contributed by atoms with Crippen LogP contribution in [0.1, 0.15) is 19.4 Å². The normalized spacial score (nSPS) is 22.4. The summed E-state index contributed by atoms with van der Waals surface area (Å²) in [4.78, 5) is 0. The molecular weight excluding hydrogens is 267 g/mol. The molecule has 1 aliphatic heterocycles. The monoisotopic (exact) mass is 278 g/mol. The van der Waals surface area contributed by atoms with Gasteiger partial charge in [-0.1, -0.05) is 0 Å². The molecule has 12 heavy (non-hydrogen) atoms. The molecule has 2 nitrogen and oxygen atoms in total. The summed E-state index contributed by atoms with van der Waals surface area (Å²) in [5.74, 6) is 0. The molecule has 0 spiro atoms. The molecule has 0 unspecified atom stereocenters. The molecule has 0 aromatic heterocycles. The van der Waals surface area contributed by atoms with Crippen molar-refractivity contribution in [1.29, 1.82) is 0 Å². The van der Waals surface area contributed by atoms with Gasteiger partial charge in [0.15, 0.2) is 0 Å². The van der Waals surface area contributed by atoms with E-state index in [1.165, 1.54) is 0 Å². The van der Waals surface area contributed by atoms with Gasteiger partial charge in [0, 0.05) is 0 Å². The zero-order valence-electron chi connectivity index (χ0n) is 7.04. The first-order chi connectivity index (χ1) is 5.61. The van der Waals surface area contributed by atoms with E-state index in [1.807, 2.05) is 38.1 Å². The van der Waals surface area contributed by atoms with Crippen LogP contribution >= 0.6 is 20.6 Å². The first-order valence-corrected chi connectivity index (χ1v) is 6.72. The van der Waals surface area contributed by atoms with Crippen molar-refractivity contribution in [3.8, 4) is 0 Å². The van der Waals surface area contributed by atoms with E-state index in [-0.39, 0.29) is 5.60 Å². The van der Waals surface area contributed by atoms with Gasteiger partial charge >= 0.3 is 80.0 Å². The molecule has 1 aromatic rings. The first-order valence-electron chi connectivity index (χ1n) is 3.79. The summed E-state index contributed by atoms with van der Waals surface area (Å²) in [6.07, 6.45) is 0. The van der Waals surface area contributed by atoms with E-state index >= 15 is 0 Å². The topological polar surface area (TPSA) is 29.5 Å². The van der Waals surface area contributed by atoms with Gasteiger partial charge in [0.05, 0.1) is 0 Å². The summed E-state index contributed by atoms with van der Waals surface area (Å²) in [5, 5.41) is 0. The molecule has 0 radical (unpaired) electrons. The van der Waals surface area contributed by atoms with Crippen LogP contribution in [0.3, 0.4) is 0 Å². The Bertz CT molecular complexity index is 309. The van der Waals surface area contributed by atoms with Crippen LogP contribution in [-0.2, 0) is 8.67 Å². The Morgan fingerprint density at radius 1 is 1.33 bits per heavy atom. The second-order valence-electron chi connectivity index (χ2n) is 3.30. The minimum atomic E-state index is -2.24. The van der Waals surface area contributed by atoms with Crippen molar-refractivity contribution in [3.63, 3.8) is 0 Å². The Morgan fingerprint density at radius 3 is 2.67 bits per heavy atom. The molecule has 0 aliphatic carbocycles. The Kier molecular flexibility index (Phi) is 1.89. The Hall–Kier alpha value is -0.130. The molecule has 1 aliphatic rings. The molecule has 0 saturated carbocycles. The molecule has 3 heteroatoms. The van der Waals surface area contributed by atoms with Crippen LogP contribution in [0.5, 0.6) is 0 Å². The average molecular weight is 278 g/mol. The van der Waals surface area contributed by atoms with Crippen molar-refractivity contribution in [2.24, 2.45) is 0 Å². The van der Waals surface area contributed by atoms with Gasteiger partial charge in [-0.3, -0.25) is 0 Å². The maximum absolute atomic E-state index is 9.65. The van der Waals surface area contributed by atoms with Gasteiger partial charge < -0.3 is 0 Å². The van der Waals surface area contributed by atoms with Crippen molar-refractivity contribution in [2.75, 3.05) is 0 Å². The van der Waals surface area contributed by atoms with Crippen molar-refractivity contribution < 1.29 is 6.50 Å². The molecule has 66 valence electrons. The van der Waals surface area contributed by atoms with Crippen LogP contribution in [0.4, 0.5) is 0 Å². The predicted molar refractivity (Wildman–Crippen MR) is 55.5 cm³/mol. The number of halogens is 1. The van der Waals surface area contributed by atoms with E-state index in [0.29, 0.717) is 0 Å². The molecule has 0 bridgehead atoms. The van der Waals surface area contributed by atoms with E-state index in [1.54, 1.807) is 0 Å². The van der Waals surface area contributed by atoms with Crippen LogP contribution in [0.15, 0.2) is 24.3 Å². The first kappa shape index (κ1) is 8.47. The number of benzene rings is 1. The van der Waals surface area contributed by atoms with E-state index in [2.05, 4.69) is 0 Å². The minimum absolute atomic E-state index is 0.282. The maximum atomic E-state index is 9.65. The summed E-state index contributed by atoms with van der Waals surface area (Å²) in [6, 6.07) is 7.93. The van der Waals surface area contributed by atoms with Crippen molar-refractivity contribution >= 4 is 20.6 Å². The van der Waals surface area contributed by atoms with Gasteiger partial charge in [-0.15, -0.1) is 0 Å². The van der Waals surface area contributed by atoms with E-state index in [0.717, 1.165) is 9.13 Å². The third kappa shape index (κ3) is 1.16. The zero-order chi connectivity index (χ0) is 8.77. The second-order valence-corrected chi connectivity index (χ2v) is 6.22. The van der Waals surface area contributed by atoms with Gasteiger partial charge in [-0.2, -0.15) is 0 Å². The number of rotatable bonds is 0. The number of hydrogen-bond acceptors (Lipinski definition) is 2. The third-order valence-corrected chi connectivity index (χ3v) is 5.42. The van der Waals surface area contributed by atoms with Crippen molar-refractivity contribution in [1.82, 2.24) is 0 Å². The standard InChI is InChI=1S/C9H11IO2/c1-9(2)7-5-3-4-6-8(7)10(11)12-9/h3-6,11H,1-2H3. The van der Waals surface area contributed by atoms with Crippen molar-refractivity contribution in [2.45, 2.75) is 19.4 Å². The molecule has 1 aromatic carbocycles. The molecular formula is C9H11IO2. The van der Waals surface area contributed by atoms with E-state index in [9.17, 15) is 3.44 Å². The summed E-state index contributed by atoms with van der Waals surface area (Å²) in [5.41, 5.74) is 0.869. The van der Waals surface area contributed by atoms with Crippen LogP contribution in [0.25, 0.3) is 0 Å². The van der Waals surface area contributed by atoms with Crippen LogP contribution in [-0.4, -0.2) is 3.44 Å². The fourth-order valence-corrected chi connectivity index (χ4v) is 4.72. The van der Waals surface area contributed by atoms with E-state index in [4.69, 9.17) is 3.07 Å². The Balaban J connectivity index is 2.58.